The van der Waals surface area contributed by atoms with Crippen LogP contribution in [0.15, 0.2) is 10.2 Å². The van der Waals surface area contributed by atoms with Crippen LogP contribution >= 0.6 is 11.3 Å². The number of carbonyl (C=O) groups excluding carboxylic acids is 1. The van der Waals surface area contributed by atoms with Crippen molar-refractivity contribution in [2.75, 3.05) is 0 Å². The Labute approximate surface area is 98.1 Å². The van der Waals surface area contributed by atoms with E-state index >= 15 is 0 Å². The molecule has 6 heteroatoms. The molecule has 1 aromatic rings. The van der Waals surface area contributed by atoms with E-state index in [0.29, 0.717) is 18.7 Å². The number of aromatic amines is 1. The summed E-state index contributed by atoms with van der Waals surface area (Å²) in [5, 5.41) is 4.39. The molecular weight excluding hydrogens is 226 g/mol. The highest BCUT2D eigenvalue weighted by Crippen LogP contribution is 1.99. The number of unbranched alkanes of at least 4 members (excludes halogenated alkanes) is 1. The van der Waals surface area contributed by atoms with Gasteiger partial charge < -0.3 is 16.0 Å². The molecule has 0 saturated heterocycles. The van der Waals surface area contributed by atoms with Crippen LogP contribution in [0.25, 0.3) is 0 Å². The Morgan fingerprint density at radius 3 is 3.00 bits per heavy atom. The molecule has 1 atom stereocenters. The first kappa shape index (κ1) is 12.9. The molecule has 16 heavy (non-hydrogen) atoms. The zero-order valence-electron chi connectivity index (χ0n) is 9.29. The van der Waals surface area contributed by atoms with Crippen LogP contribution in [0.4, 0.5) is 0 Å². The number of aromatic nitrogens is 1. The first-order valence-electron chi connectivity index (χ1n) is 5.33. The summed E-state index contributed by atoms with van der Waals surface area (Å²) < 4.78 is 0. The van der Waals surface area contributed by atoms with Gasteiger partial charge in [-0.2, -0.15) is 0 Å². The lowest BCUT2D eigenvalue weighted by Crippen LogP contribution is -2.40. The number of amides is 1. The molecule has 5 nitrogen and oxygen atoms in total. The number of carbonyl (C=O) groups is 1. The molecule has 0 spiro atoms. The van der Waals surface area contributed by atoms with E-state index in [-0.39, 0.29) is 10.8 Å². The summed E-state index contributed by atoms with van der Waals surface area (Å²) in [6, 6.07) is -0.453. The molecular formula is C10H17N3O2S. The van der Waals surface area contributed by atoms with Crippen LogP contribution in [0.3, 0.4) is 0 Å². The van der Waals surface area contributed by atoms with Gasteiger partial charge in [0, 0.05) is 11.1 Å². The van der Waals surface area contributed by atoms with Gasteiger partial charge in [0.05, 0.1) is 12.6 Å². The number of hydrogen-bond acceptors (Lipinski definition) is 4. The maximum atomic E-state index is 11.5. The average molecular weight is 243 g/mol. The molecule has 1 amide bonds. The van der Waals surface area contributed by atoms with Gasteiger partial charge in [-0.25, -0.2) is 0 Å². The fraction of sp³-hybridized carbons (Fsp3) is 0.600. The minimum absolute atomic E-state index is 0.112. The molecule has 0 radical (unpaired) electrons. The lowest BCUT2D eigenvalue weighted by molar-refractivity contribution is -0.122. The molecule has 0 aliphatic carbocycles. The SMILES string of the molecule is CCCC[C@H](N)C(=O)NCc1csc(=O)[nH]1. The molecule has 0 saturated carbocycles. The predicted molar refractivity (Wildman–Crippen MR) is 64.3 cm³/mol. The number of thiazole rings is 1. The Balaban J connectivity index is 2.32. The molecule has 90 valence electrons. The quantitative estimate of drug-likeness (QED) is 0.682. The number of nitrogens with two attached hydrogens (primary N) is 1. The highest BCUT2D eigenvalue weighted by Gasteiger charge is 2.12. The van der Waals surface area contributed by atoms with E-state index in [2.05, 4.69) is 17.2 Å². The fourth-order valence-electron chi connectivity index (χ4n) is 1.27. The standard InChI is InChI=1S/C10H17N3O2S/c1-2-3-4-8(11)9(14)12-5-7-6-16-10(15)13-7/h6,8H,2-5,11H2,1H3,(H,12,14)(H,13,15)/t8-/m0/s1. The van der Waals surface area contributed by atoms with Crippen molar-refractivity contribution in [3.63, 3.8) is 0 Å². The summed E-state index contributed by atoms with van der Waals surface area (Å²) in [4.78, 5) is 24.8. The molecule has 1 rings (SSSR count). The van der Waals surface area contributed by atoms with Crippen molar-refractivity contribution >= 4 is 17.2 Å². The number of hydrogen-bond donors (Lipinski definition) is 3. The third-order valence-electron chi connectivity index (χ3n) is 2.23. The number of rotatable bonds is 6. The van der Waals surface area contributed by atoms with E-state index in [1.807, 2.05) is 0 Å². The van der Waals surface area contributed by atoms with Crippen molar-refractivity contribution in [2.45, 2.75) is 38.8 Å². The molecule has 0 fully saturated rings. The normalized spacial score (nSPS) is 12.4. The van der Waals surface area contributed by atoms with Gasteiger partial charge in [0.15, 0.2) is 0 Å². The second-order valence-corrected chi connectivity index (χ2v) is 4.48. The zero-order valence-corrected chi connectivity index (χ0v) is 10.1. The van der Waals surface area contributed by atoms with E-state index in [1.165, 1.54) is 0 Å². The largest absolute Gasteiger partial charge is 0.349 e. The lowest BCUT2D eigenvalue weighted by Gasteiger charge is -2.10. The van der Waals surface area contributed by atoms with Gasteiger partial charge >= 0.3 is 4.87 Å². The van der Waals surface area contributed by atoms with Crippen LogP contribution in [0.1, 0.15) is 31.9 Å². The highest BCUT2D eigenvalue weighted by molar-refractivity contribution is 7.07. The van der Waals surface area contributed by atoms with Gasteiger partial charge in [-0.3, -0.25) is 9.59 Å². The Kier molecular flexibility index (Phi) is 5.21. The summed E-state index contributed by atoms with van der Waals surface area (Å²) >= 11 is 1.08. The minimum atomic E-state index is -0.453. The van der Waals surface area contributed by atoms with Gasteiger partial charge in [0.1, 0.15) is 0 Å². The van der Waals surface area contributed by atoms with Crippen molar-refractivity contribution in [3.8, 4) is 0 Å². The van der Waals surface area contributed by atoms with Crippen molar-refractivity contribution in [2.24, 2.45) is 5.73 Å². The molecule has 0 aromatic carbocycles. The smallest absolute Gasteiger partial charge is 0.304 e. The summed E-state index contributed by atoms with van der Waals surface area (Å²) in [6.45, 7) is 2.39. The lowest BCUT2D eigenvalue weighted by atomic mass is 10.1. The Morgan fingerprint density at radius 2 is 2.44 bits per heavy atom. The van der Waals surface area contributed by atoms with Crippen molar-refractivity contribution < 1.29 is 4.79 Å². The van der Waals surface area contributed by atoms with Crippen molar-refractivity contribution in [3.05, 3.63) is 20.7 Å². The fourth-order valence-corrected chi connectivity index (χ4v) is 1.85. The van der Waals surface area contributed by atoms with Gasteiger partial charge in [0.2, 0.25) is 5.91 Å². The Hall–Kier alpha value is -1.14. The molecule has 0 bridgehead atoms. The van der Waals surface area contributed by atoms with Gasteiger partial charge in [0.25, 0.3) is 0 Å². The van der Waals surface area contributed by atoms with Crippen molar-refractivity contribution in [1.82, 2.24) is 10.3 Å². The van der Waals surface area contributed by atoms with E-state index < -0.39 is 6.04 Å². The van der Waals surface area contributed by atoms with E-state index in [1.54, 1.807) is 5.38 Å². The van der Waals surface area contributed by atoms with Gasteiger partial charge in [-0.15, -0.1) is 0 Å². The van der Waals surface area contributed by atoms with Crippen molar-refractivity contribution in [1.29, 1.82) is 0 Å². The summed E-state index contributed by atoms with van der Waals surface area (Å²) in [7, 11) is 0. The first-order chi connectivity index (χ1) is 7.63. The molecule has 0 aliphatic heterocycles. The highest BCUT2D eigenvalue weighted by atomic mass is 32.1. The topological polar surface area (TPSA) is 88.0 Å². The third-order valence-corrected chi connectivity index (χ3v) is 2.95. The zero-order chi connectivity index (χ0) is 12.0. The Bertz CT molecular complexity index is 385. The summed E-state index contributed by atoms with van der Waals surface area (Å²) in [5.74, 6) is -0.166. The monoisotopic (exact) mass is 243 g/mol. The van der Waals surface area contributed by atoms with Crippen LogP contribution < -0.4 is 15.9 Å². The van der Waals surface area contributed by atoms with Crippen LogP contribution in [-0.4, -0.2) is 16.9 Å². The minimum Gasteiger partial charge on any atom is -0.349 e. The van der Waals surface area contributed by atoms with Crippen LogP contribution in [0.2, 0.25) is 0 Å². The number of nitrogens with one attached hydrogen (secondary N) is 2. The Morgan fingerprint density at radius 1 is 1.69 bits per heavy atom. The number of H-pyrrole nitrogens is 1. The van der Waals surface area contributed by atoms with E-state index in [0.717, 1.165) is 24.2 Å². The van der Waals surface area contributed by atoms with E-state index in [9.17, 15) is 9.59 Å². The third kappa shape index (κ3) is 4.16. The molecule has 1 aromatic heterocycles. The van der Waals surface area contributed by atoms with E-state index in [4.69, 9.17) is 5.73 Å². The predicted octanol–water partition coefficient (Wildman–Crippen LogP) is 0.570. The van der Waals surface area contributed by atoms with Gasteiger partial charge in [-0.1, -0.05) is 31.1 Å². The molecule has 0 aliphatic rings. The summed E-state index contributed by atoms with van der Waals surface area (Å²) in [5.41, 5.74) is 6.41. The molecule has 0 unspecified atom stereocenters. The summed E-state index contributed by atoms with van der Waals surface area (Å²) in [6.07, 6.45) is 2.67. The maximum absolute atomic E-state index is 11.5. The average Bonchev–Trinajstić information content (AvgIpc) is 2.68. The van der Waals surface area contributed by atoms with Crippen LogP contribution in [0.5, 0.6) is 0 Å². The van der Waals surface area contributed by atoms with Gasteiger partial charge in [-0.05, 0) is 6.42 Å². The van der Waals surface area contributed by atoms with Crippen LogP contribution in [-0.2, 0) is 11.3 Å². The molecule has 1 heterocycles. The second-order valence-electron chi connectivity index (χ2n) is 3.64. The first-order valence-corrected chi connectivity index (χ1v) is 6.21. The molecule has 4 N–H and O–H groups in total. The van der Waals surface area contributed by atoms with Crippen LogP contribution in [0, 0.1) is 0 Å². The second kappa shape index (κ2) is 6.44. The maximum Gasteiger partial charge on any atom is 0.304 e.